The Balaban J connectivity index is 1.57. The predicted molar refractivity (Wildman–Crippen MR) is 81.1 cm³/mol. The predicted octanol–water partition coefficient (Wildman–Crippen LogP) is 2.76. The normalized spacial score (nSPS) is 26.5. The van der Waals surface area contributed by atoms with Crippen molar-refractivity contribution in [1.82, 2.24) is 10.6 Å². The average molecular weight is 296 g/mol. The highest BCUT2D eigenvalue weighted by Gasteiger charge is 2.32. The lowest BCUT2D eigenvalue weighted by atomic mass is 9.87. The van der Waals surface area contributed by atoms with Crippen LogP contribution in [0.1, 0.15) is 57.8 Å². The summed E-state index contributed by atoms with van der Waals surface area (Å²) in [6, 6.07) is -0.151. The standard InChI is InChI=1S/C16H28N2O3/c19-15(20)14-8-4-7-13(14)11-18-16(21)17-10-9-12-5-2-1-3-6-12/h12-14H,1-11H2,(H,19,20)(H2,17,18,21). The van der Waals surface area contributed by atoms with Crippen LogP contribution >= 0.6 is 0 Å². The Bertz CT molecular complexity index is 353. The minimum Gasteiger partial charge on any atom is -0.481 e. The van der Waals surface area contributed by atoms with E-state index in [0.717, 1.165) is 38.1 Å². The fourth-order valence-electron chi connectivity index (χ4n) is 3.76. The van der Waals surface area contributed by atoms with E-state index in [-0.39, 0.29) is 17.9 Å². The number of carbonyl (C=O) groups is 2. The quantitative estimate of drug-likeness (QED) is 0.705. The van der Waals surface area contributed by atoms with Crippen LogP contribution in [0.3, 0.4) is 0 Å². The molecule has 2 amide bonds. The molecule has 3 N–H and O–H groups in total. The molecule has 0 aromatic heterocycles. The number of carboxylic acids is 1. The number of amides is 2. The Kier molecular flexibility index (Phi) is 6.33. The van der Waals surface area contributed by atoms with Gasteiger partial charge in [-0.15, -0.1) is 0 Å². The van der Waals surface area contributed by atoms with Crippen LogP contribution in [0.4, 0.5) is 4.79 Å². The summed E-state index contributed by atoms with van der Waals surface area (Å²) in [5, 5.41) is 14.8. The third-order valence-electron chi connectivity index (χ3n) is 5.06. The number of hydrogen-bond donors (Lipinski definition) is 3. The molecule has 5 nitrogen and oxygen atoms in total. The Labute approximate surface area is 126 Å². The fraction of sp³-hybridized carbons (Fsp3) is 0.875. The first kappa shape index (κ1) is 16.1. The number of nitrogens with one attached hydrogen (secondary N) is 2. The van der Waals surface area contributed by atoms with Gasteiger partial charge in [0, 0.05) is 13.1 Å². The maximum atomic E-state index is 11.7. The molecule has 21 heavy (non-hydrogen) atoms. The molecule has 0 heterocycles. The van der Waals surface area contributed by atoms with Gasteiger partial charge >= 0.3 is 12.0 Å². The van der Waals surface area contributed by atoms with E-state index in [1.807, 2.05) is 0 Å². The van der Waals surface area contributed by atoms with Crippen LogP contribution in [0.5, 0.6) is 0 Å². The van der Waals surface area contributed by atoms with Crippen LogP contribution in [-0.2, 0) is 4.79 Å². The summed E-state index contributed by atoms with van der Waals surface area (Å²) in [5.74, 6) is -0.151. The zero-order valence-electron chi connectivity index (χ0n) is 12.8. The number of hydrogen-bond acceptors (Lipinski definition) is 2. The summed E-state index contributed by atoms with van der Waals surface area (Å²) in [6.07, 6.45) is 10.3. The molecule has 2 atom stereocenters. The van der Waals surface area contributed by atoms with E-state index in [1.54, 1.807) is 0 Å². The van der Waals surface area contributed by atoms with Crippen molar-refractivity contribution in [1.29, 1.82) is 0 Å². The lowest BCUT2D eigenvalue weighted by Crippen LogP contribution is -2.40. The van der Waals surface area contributed by atoms with Crippen molar-refractivity contribution in [3.63, 3.8) is 0 Å². The third kappa shape index (κ3) is 5.21. The third-order valence-corrected chi connectivity index (χ3v) is 5.06. The van der Waals surface area contributed by atoms with Crippen LogP contribution in [0.25, 0.3) is 0 Å². The van der Waals surface area contributed by atoms with Crippen molar-refractivity contribution >= 4 is 12.0 Å². The minimum absolute atomic E-state index is 0.0894. The van der Waals surface area contributed by atoms with E-state index in [9.17, 15) is 9.59 Å². The molecule has 0 spiro atoms. The SMILES string of the molecule is O=C(NCCC1CCCCC1)NCC1CCCC1C(=O)O. The highest BCUT2D eigenvalue weighted by Crippen LogP contribution is 2.31. The van der Waals surface area contributed by atoms with E-state index in [2.05, 4.69) is 10.6 Å². The van der Waals surface area contributed by atoms with E-state index in [0.29, 0.717) is 6.54 Å². The molecule has 2 aliphatic carbocycles. The fourth-order valence-corrected chi connectivity index (χ4v) is 3.76. The second-order valence-corrected chi connectivity index (χ2v) is 6.57. The maximum Gasteiger partial charge on any atom is 0.314 e. The van der Waals surface area contributed by atoms with E-state index >= 15 is 0 Å². The Morgan fingerprint density at radius 1 is 0.952 bits per heavy atom. The summed E-state index contributed by atoms with van der Waals surface area (Å²) < 4.78 is 0. The first-order valence-electron chi connectivity index (χ1n) is 8.41. The van der Waals surface area contributed by atoms with Crippen molar-refractivity contribution in [2.24, 2.45) is 17.8 Å². The largest absolute Gasteiger partial charge is 0.481 e. The van der Waals surface area contributed by atoms with Gasteiger partial charge in [-0.1, -0.05) is 38.5 Å². The molecule has 2 aliphatic rings. The van der Waals surface area contributed by atoms with Gasteiger partial charge in [-0.05, 0) is 31.1 Å². The number of rotatable bonds is 6. The monoisotopic (exact) mass is 296 g/mol. The molecule has 0 saturated heterocycles. The van der Waals surface area contributed by atoms with Gasteiger partial charge in [0.15, 0.2) is 0 Å². The van der Waals surface area contributed by atoms with Crippen molar-refractivity contribution in [3.8, 4) is 0 Å². The topological polar surface area (TPSA) is 78.4 Å². The lowest BCUT2D eigenvalue weighted by molar-refractivity contribution is -0.142. The molecule has 0 bridgehead atoms. The van der Waals surface area contributed by atoms with E-state index < -0.39 is 5.97 Å². The van der Waals surface area contributed by atoms with Gasteiger partial charge in [-0.3, -0.25) is 4.79 Å². The molecule has 0 aromatic carbocycles. The van der Waals surface area contributed by atoms with Gasteiger partial charge < -0.3 is 15.7 Å². The zero-order chi connectivity index (χ0) is 15.1. The molecule has 2 fully saturated rings. The smallest absolute Gasteiger partial charge is 0.314 e. The van der Waals surface area contributed by atoms with E-state index in [4.69, 9.17) is 5.11 Å². The molecule has 0 radical (unpaired) electrons. The van der Waals surface area contributed by atoms with Gasteiger partial charge in [-0.2, -0.15) is 0 Å². The highest BCUT2D eigenvalue weighted by molar-refractivity contribution is 5.74. The lowest BCUT2D eigenvalue weighted by Gasteiger charge is -2.21. The molecule has 2 unspecified atom stereocenters. The van der Waals surface area contributed by atoms with Crippen LogP contribution in [0, 0.1) is 17.8 Å². The number of aliphatic carboxylic acids is 1. The number of urea groups is 1. The molecular formula is C16H28N2O3. The van der Waals surface area contributed by atoms with Crippen LogP contribution < -0.4 is 10.6 Å². The molecule has 2 rings (SSSR count). The van der Waals surface area contributed by atoms with E-state index in [1.165, 1.54) is 32.1 Å². The molecule has 2 saturated carbocycles. The maximum absolute atomic E-state index is 11.7. The van der Waals surface area contributed by atoms with Gasteiger partial charge in [0.05, 0.1) is 5.92 Å². The van der Waals surface area contributed by atoms with Crippen molar-refractivity contribution in [2.75, 3.05) is 13.1 Å². The minimum atomic E-state index is -0.725. The molecule has 0 aromatic rings. The summed E-state index contributed by atoms with van der Waals surface area (Å²) in [4.78, 5) is 22.8. The average Bonchev–Trinajstić information content (AvgIpc) is 2.95. The van der Waals surface area contributed by atoms with Gasteiger partial charge in [0.2, 0.25) is 0 Å². The van der Waals surface area contributed by atoms with Crippen molar-refractivity contribution in [2.45, 2.75) is 57.8 Å². The summed E-state index contributed by atoms with van der Waals surface area (Å²) >= 11 is 0. The molecule has 120 valence electrons. The summed E-state index contributed by atoms with van der Waals surface area (Å²) in [5.41, 5.74) is 0. The first-order valence-corrected chi connectivity index (χ1v) is 8.41. The van der Waals surface area contributed by atoms with Crippen molar-refractivity contribution < 1.29 is 14.7 Å². The zero-order valence-corrected chi connectivity index (χ0v) is 12.8. The first-order chi connectivity index (χ1) is 10.2. The van der Waals surface area contributed by atoms with Crippen LogP contribution in [0.15, 0.2) is 0 Å². The highest BCUT2D eigenvalue weighted by atomic mass is 16.4. The van der Waals surface area contributed by atoms with Crippen LogP contribution in [0.2, 0.25) is 0 Å². The second-order valence-electron chi connectivity index (χ2n) is 6.57. The summed E-state index contributed by atoms with van der Waals surface area (Å²) in [7, 11) is 0. The Morgan fingerprint density at radius 3 is 2.43 bits per heavy atom. The molecular weight excluding hydrogens is 268 g/mol. The van der Waals surface area contributed by atoms with Gasteiger partial charge in [-0.25, -0.2) is 4.79 Å². The summed E-state index contributed by atoms with van der Waals surface area (Å²) in [6.45, 7) is 1.20. The van der Waals surface area contributed by atoms with Gasteiger partial charge in [0.1, 0.15) is 0 Å². The number of carboxylic acid groups (broad SMARTS) is 1. The molecule has 0 aliphatic heterocycles. The Hall–Kier alpha value is -1.26. The molecule has 5 heteroatoms. The number of carbonyl (C=O) groups excluding carboxylic acids is 1. The van der Waals surface area contributed by atoms with Crippen molar-refractivity contribution in [3.05, 3.63) is 0 Å². The Morgan fingerprint density at radius 2 is 1.71 bits per heavy atom. The van der Waals surface area contributed by atoms with Gasteiger partial charge in [0.25, 0.3) is 0 Å². The second kappa shape index (κ2) is 8.25. The van der Waals surface area contributed by atoms with Crippen LogP contribution in [-0.4, -0.2) is 30.2 Å².